The molecule has 0 saturated heterocycles. The number of carbonyl (C=O) groups excluding carboxylic acids is 2. The number of ether oxygens (including phenoxy) is 2. The smallest absolute Gasteiger partial charge is 0.412 e. The Bertz CT molecular complexity index is 977. The van der Waals surface area contributed by atoms with E-state index in [0.717, 1.165) is 30.6 Å². The van der Waals surface area contributed by atoms with Gasteiger partial charge in [0.15, 0.2) is 0 Å². The molecule has 1 N–H and O–H groups in total. The summed E-state index contributed by atoms with van der Waals surface area (Å²) in [5.41, 5.74) is 3.79. The summed E-state index contributed by atoms with van der Waals surface area (Å²) >= 11 is 0. The molecule has 0 saturated carbocycles. The Morgan fingerprint density at radius 2 is 1.81 bits per heavy atom. The largest absolute Gasteiger partial charge is 0.463 e. The molecule has 0 radical (unpaired) electrons. The molecule has 32 heavy (non-hydrogen) atoms. The van der Waals surface area contributed by atoms with Gasteiger partial charge in [-0.25, -0.2) is 9.59 Å². The fourth-order valence-electron chi connectivity index (χ4n) is 3.73. The molecule has 2 aromatic rings. The lowest BCUT2D eigenvalue weighted by Gasteiger charge is -2.30. The van der Waals surface area contributed by atoms with Crippen molar-refractivity contribution in [1.29, 1.82) is 0 Å². The van der Waals surface area contributed by atoms with E-state index in [1.807, 2.05) is 70.2 Å². The molecule has 1 aliphatic rings. The molecule has 2 aromatic carbocycles. The van der Waals surface area contributed by atoms with Crippen LogP contribution in [0.4, 0.5) is 10.5 Å². The van der Waals surface area contributed by atoms with Crippen LogP contribution in [0.15, 0.2) is 60.2 Å². The summed E-state index contributed by atoms with van der Waals surface area (Å²) < 4.78 is 10.7. The van der Waals surface area contributed by atoms with E-state index in [4.69, 9.17) is 9.47 Å². The Morgan fingerprint density at radius 3 is 2.50 bits per heavy atom. The molecule has 1 amide bonds. The second-order valence-corrected chi connectivity index (χ2v) is 8.83. The first-order valence-corrected chi connectivity index (χ1v) is 11.0. The molecule has 1 aliphatic heterocycles. The summed E-state index contributed by atoms with van der Waals surface area (Å²) in [6.45, 7) is 9.73. The van der Waals surface area contributed by atoms with Crippen LogP contribution >= 0.6 is 0 Å². The number of esters is 1. The summed E-state index contributed by atoms with van der Waals surface area (Å²) in [5.74, 6) is -0.286. The number of benzene rings is 2. The van der Waals surface area contributed by atoms with Gasteiger partial charge in [-0.15, -0.1) is 0 Å². The monoisotopic (exact) mass is 436 g/mol. The second-order valence-electron chi connectivity index (χ2n) is 8.83. The van der Waals surface area contributed by atoms with E-state index in [1.165, 1.54) is 5.56 Å². The van der Waals surface area contributed by atoms with E-state index in [0.29, 0.717) is 24.4 Å². The van der Waals surface area contributed by atoms with Crippen molar-refractivity contribution in [3.05, 3.63) is 71.3 Å². The second kappa shape index (κ2) is 10.5. The van der Waals surface area contributed by atoms with Gasteiger partial charge in [0.1, 0.15) is 5.60 Å². The Hall–Kier alpha value is -3.12. The number of anilines is 1. The van der Waals surface area contributed by atoms with Gasteiger partial charge in [-0.05, 0) is 62.9 Å². The van der Waals surface area contributed by atoms with Crippen molar-refractivity contribution in [1.82, 2.24) is 4.90 Å². The van der Waals surface area contributed by atoms with Crippen molar-refractivity contribution < 1.29 is 19.1 Å². The van der Waals surface area contributed by atoms with Crippen LogP contribution in [0.3, 0.4) is 0 Å². The van der Waals surface area contributed by atoms with Crippen molar-refractivity contribution in [3.8, 4) is 0 Å². The molecule has 0 aromatic heterocycles. The average Bonchev–Trinajstić information content (AvgIpc) is 2.73. The average molecular weight is 437 g/mol. The van der Waals surface area contributed by atoms with Gasteiger partial charge in [0.05, 0.1) is 12.2 Å². The van der Waals surface area contributed by atoms with Crippen LogP contribution in [0.25, 0.3) is 5.57 Å². The Morgan fingerprint density at radius 1 is 1.06 bits per heavy atom. The van der Waals surface area contributed by atoms with Crippen LogP contribution < -0.4 is 5.32 Å². The number of carbonyl (C=O) groups is 2. The van der Waals surface area contributed by atoms with Crippen molar-refractivity contribution in [3.63, 3.8) is 0 Å². The van der Waals surface area contributed by atoms with Crippen molar-refractivity contribution in [2.24, 2.45) is 0 Å². The maximum absolute atomic E-state index is 12.8. The van der Waals surface area contributed by atoms with E-state index in [9.17, 15) is 9.59 Å². The van der Waals surface area contributed by atoms with Gasteiger partial charge >= 0.3 is 12.1 Å². The molecule has 0 bridgehead atoms. The number of hydrogen-bond acceptors (Lipinski definition) is 5. The summed E-state index contributed by atoms with van der Waals surface area (Å²) in [7, 11) is 0. The highest BCUT2D eigenvalue weighted by Gasteiger charge is 2.26. The number of nitrogens with zero attached hydrogens (tertiary/aromatic N) is 1. The van der Waals surface area contributed by atoms with Gasteiger partial charge in [-0.3, -0.25) is 10.2 Å². The first kappa shape index (κ1) is 23.5. The molecule has 0 aliphatic carbocycles. The number of hydrogen-bond donors (Lipinski definition) is 1. The molecule has 6 heteroatoms. The number of nitrogens with one attached hydrogen (secondary N) is 1. The van der Waals surface area contributed by atoms with E-state index >= 15 is 0 Å². The third kappa shape index (κ3) is 6.69. The standard InChI is InChI=1S/C26H32N2O4/c1-5-31-24(29)23-18-28(17-19-10-7-6-8-11-19)15-14-22(23)20-12-9-13-21(16-20)27-25(30)32-26(2,3)4/h6-13,16H,5,14-15,17-18H2,1-4H3,(H,27,30). The lowest BCUT2D eigenvalue weighted by Crippen LogP contribution is -2.34. The molecular formula is C26H32N2O4. The molecule has 170 valence electrons. The van der Waals surface area contributed by atoms with Crippen LogP contribution in [0, 0.1) is 0 Å². The zero-order valence-corrected chi connectivity index (χ0v) is 19.3. The van der Waals surface area contributed by atoms with Gasteiger partial charge < -0.3 is 9.47 Å². The summed E-state index contributed by atoms with van der Waals surface area (Å²) in [6.07, 6.45) is 0.212. The van der Waals surface area contributed by atoms with Crippen LogP contribution in [0.5, 0.6) is 0 Å². The fraction of sp³-hybridized carbons (Fsp3) is 0.385. The maximum atomic E-state index is 12.8. The molecule has 1 heterocycles. The summed E-state index contributed by atoms with van der Waals surface area (Å²) in [6, 6.07) is 17.7. The highest BCUT2D eigenvalue weighted by molar-refractivity contribution is 5.99. The Balaban J connectivity index is 1.83. The van der Waals surface area contributed by atoms with Gasteiger partial charge in [-0.1, -0.05) is 42.5 Å². The normalized spacial score (nSPS) is 14.8. The quantitative estimate of drug-likeness (QED) is 0.626. The molecule has 0 spiro atoms. The van der Waals surface area contributed by atoms with Gasteiger partial charge in [0.25, 0.3) is 0 Å². The van der Waals surface area contributed by atoms with Gasteiger partial charge in [0, 0.05) is 25.3 Å². The van der Waals surface area contributed by atoms with Gasteiger partial charge in [-0.2, -0.15) is 0 Å². The first-order chi connectivity index (χ1) is 15.2. The van der Waals surface area contributed by atoms with Crippen LogP contribution in [0.2, 0.25) is 0 Å². The Kier molecular flexibility index (Phi) is 7.70. The lowest BCUT2D eigenvalue weighted by atomic mass is 9.92. The van der Waals surface area contributed by atoms with E-state index in [-0.39, 0.29) is 5.97 Å². The summed E-state index contributed by atoms with van der Waals surface area (Å²) in [4.78, 5) is 27.2. The van der Waals surface area contributed by atoms with Crippen molar-refractivity contribution in [2.45, 2.75) is 46.3 Å². The van der Waals surface area contributed by atoms with Crippen LogP contribution in [-0.2, 0) is 20.8 Å². The van der Waals surface area contributed by atoms with Crippen molar-refractivity contribution >= 4 is 23.3 Å². The molecule has 0 unspecified atom stereocenters. The molecular weight excluding hydrogens is 404 g/mol. The zero-order chi connectivity index (χ0) is 23.1. The minimum absolute atomic E-state index is 0.286. The topological polar surface area (TPSA) is 67.9 Å². The fourth-order valence-corrected chi connectivity index (χ4v) is 3.73. The summed E-state index contributed by atoms with van der Waals surface area (Å²) in [5, 5.41) is 2.78. The third-order valence-electron chi connectivity index (χ3n) is 5.05. The minimum Gasteiger partial charge on any atom is -0.463 e. The molecule has 6 nitrogen and oxygen atoms in total. The molecule has 0 atom stereocenters. The molecule has 0 fully saturated rings. The predicted octanol–water partition coefficient (Wildman–Crippen LogP) is 5.26. The SMILES string of the molecule is CCOC(=O)C1=C(c2cccc(NC(=O)OC(C)(C)C)c2)CCN(Cc2ccccc2)C1. The third-order valence-corrected chi connectivity index (χ3v) is 5.05. The van der Waals surface area contributed by atoms with Gasteiger partial charge in [0.2, 0.25) is 0 Å². The zero-order valence-electron chi connectivity index (χ0n) is 19.3. The van der Waals surface area contributed by atoms with E-state index in [2.05, 4.69) is 22.3 Å². The van der Waals surface area contributed by atoms with E-state index in [1.54, 1.807) is 0 Å². The maximum Gasteiger partial charge on any atom is 0.412 e. The minimum atomic E-state index is -0.577. The highest BCUT2D eigenvalue weighted by atomic mass is 16.6. The lowest BCUT2D eigenvalue weighted by molar-refractivity contribution is -0.138. The van der Waals surface area contributed by atoms with Crippen LogP contribution in [0.1, 0.15) is 45.2 Å². The van der Waals surface area contributed by atoms with E-state index < -0.39 is 11.7 Å². The van der Waals surface area contributed by atoms with Crippen molar-refractivity contribution in [2.75, 3.05) is 25.0 Å². The number of rotatable bonds is 6. The first-order valence-electron chi connectivity index (χ1n) is 11.0. The van der Waals surface area contributed by atoms with Crippen LogP contribution in [-0.4, -0.2) is 42.3 Å². The molecule has 3 rings (SSSR count). The number of amides is 1. The highest BCUT2D eigenvalue weighted by Crippen LogP contribution is 2.30. The predicted molar refractivity (Wildman–Crippen MR) is 126 cm³/mol. The Labute approximate surface area is 190 Å².